The summed E-state index contributed by atoms with van der Waals surface area (Å²) in [5.74, 6) is 0.885. The van der Waals surface area contributed by atoms with Crippen LogP contribution in [0.5, 0.6) is 17.2 Å². The molecule has 0 aromatic heterocycles. The van der Waals surface area contributed by atoms with E-state index in [1.54, 1.807) is 26.0 Å². The smallest absolute Gasteiger partial charge is 0.244 e. The lowest BCUT2D eigenvalue weighted by atomic mass is 9.94. The molecule has 6 nitrogen and oxygen atoms in total. The number of benzene rings is 1. The van der Waals surface area contributed by atoms with E-state index in [9.17, 15) is 4.79 Å². The Morgan fingerprint density at radius 3 is 2.00 bits per heavy atom. The van der Waals surface area contributed by atoms with Crippen molar-refractivity contribution < 1.29 is 19.0 Å². The number of nitrogens with one attached hydrogen (secondary N) is 1. The van der Waals surface area contributed by atoms with Crippen molar-refractivity contribution in [3.8, 4) is 23.3 Å². The highest BCUT2D eigenvalue weighted by Gasteiger charge is 2.27. The molecule has 0 atom stereocenters. The largest absolute Gasteiger partial charge is 0.493 e. The molecule has 1 rings (SSSR count). The zero-order valence-corrected chi connectivity index (χ0v) is 12.2. The van der Waals surface area contributed by atoms with Gasteiger partial charge in [0.05, 0.1) is 27.4 Å². The molecule has 108 valence electrons. The first-order chi connectivity index (χ1) is 9.39. The lowest BCUT2D eigenvalue weighted by Gasteiger charge is -2.17. The van der Waals surface area contributed by atoms with Gasteiger partial charge in [-0.25, -0.2) is 0 Å². The summed E-state index contributed by atoms with van der Waals surface area (Å²) in [6, 6.07) is 5.15. The molecule has 0 bridgehead atoms. The molecule has 0 saturated heterocycles. The summed E-state index contributed by atoms with van der Waals surface area (Å²) in [5.41, 5.74) is -0.659. The summed E-state index contributed by atoms with van der Waals surface area (Å²) >= 11 is 0. The maximum absolute atomic E-state index is 12.0. The van der Waals surface area contributed by atoms with Gasteiger partial charge in [-0.3, -0.25) is 4.79 Å². The molecule has 0 unspecified atom stereocenters. The normalized spacial score (nSPS) is 10.4. The van der Waals surface area contributed by atoms with Gasteiger partial charge in [0.2, 0.25) is 11.7 Å². The molecule has 0 heterocycles. The molecule has 0 aliphatic carbocycles. The van der Waals surface area contributed by atoms with E-state index in [2.05, 4.69) is 5.32 Å². The predicted molar refractivity (Wildman–Crippen MR) is 74.1 cm³/mol. The van der Waals surface area contributed by atoms with E-state index in [4.69, 9.17) is 19.5 Å². The van der Waals surface area contributed by atoms with Gasteiger partial charge < -0.3 is 19.5 Å². The molecule has 0 spiro atoms. The van der Waals surface area contributed by atoms with E-state index < -0.39 is 11.3 Å². The second-order valence-corrected chi connectivity index (χ2v) is 4.60. The van der Waals surface area contributed by atoms with Gasteiger partial charge >= 0.3 is 0 Å². The number of carbonyl (C=O) groups is 1. The number of nitriles is 1. The molecule has 1 aromatic carbocycles. The Morgan fingerprint density at radius 2 is 1.65 bits per heavy atom. The van der Waals surface area contributed by atoms with Crippen molar-refractivity contribution in [2.24, 2.45) is 5.41 Å². The fourth-order valence-corrected chi connectivity index (χ4v) is 1.49. The van der Waals surface area contributed by atoms with Crippen LogP contribution in [0.4, 0.5) is 5.69 Å². The van der Waals surface area contributed by atoms with Gasteiger partial charge in [-0.05, 0) is 13.8 Å². The van der Waals surface area contributed by atoms with Crippen LogP contribution < -0.4 is 19.5 Å². The second kappa shape index (κ2) is 6.15. The molecule has 1 N–H and O–H groups in total. The van der Waals surface area contributed by atoms with Crippen LogP contribution in [0.1, 0.15) is 13.8 Å². The van der Waals surface area contributed by atoms with Crippen molar-refractivity contribution in [3.63, 3.8) is 0 Å². The second-order valence-electron chi connectivity index (χ2n) is 4.60. The molecule has 0 radical (unpaired) electrons. The Bertz CT molecular complexity index is 522. The van der Waals surface area contributed by atoms with Crippen molar-refractivity contribution in [1.82, 2.24) is 0 Å². The first-order valence-corrected chi connectivity index (χ1v) is 5.92. The van der Waals surface area contributed by atoms with Crippen LogP contribution in [0.25, 0.3) is 0 Å². The van der Waals surface area contributed by atoms with E-state index in [1.807, 2.05) is 6.07 Å². The topological polar surface area (TPSA) is 80.6 Å². The van der Waals surface area contributed by atoms with Crippen LogP contribution in [-0.2, 0) is 4.79 Å². The molecular weight excluding hydrogens is 260 g/mol. The number of carbonyl (C=O) groups excluding carboxylic acids is 1. The standard InChI is InChI=1S/C14H18N2O4/c1-14(2,8-15)13(17)16-9-6-10(18-3)12(20-5)11(7-9)19-4/h6-7H,1-5H3,(H,16,17). The number of hydrogen-bond donors (Lipinski definition) is 1. The summed E-state index contributed by atoms with van der Waals surface area (Å²) < 4.78 is 15.6. The maximum Gasteiger partial charge on any atom is 0.244 e. The number of hydrogen-bond acceptors (Lipinski definition) is 5. The number of amides is 1. The first kappa shape index (κ1) is 15.6. The third-order valence-corrected chi connectivity index (χ3v) is 2.77. The summed E-state index contributed by atoms with van der Waals surface area (Å²) in [4.78, 5) is 12.0. The number of rotatable bonds is 5. The van der Waals surface area contributed by atoms with Gasteiger partial charge in [0.25, 0.3) is 0 Å². The van der Waals surface area contributed by atoms with Crippen molar-refractivity contribution in [2.75, 3.05) is 26.6 Å². The highest BCUT2D eigenvalue weighted by molar-refractivity contribution is 5.97. The summed E-state index contributed by atoms with van der Waals surface area (Å²) in [6.45, 7) is 3.08. The molecule has 6 heteroatoms. The average molecular weight is 278 g/mol. The number of methoxy groups -OCH3 is 3. The van der Waals surface area contributed by atoms with Crippen LogP contribution in [0.15, 0.2) is 12.1 Å². The monoisotopic (exact) mass is 278 g/mol. The number of anilines is 1. The van der Waals surface area contributed by atoms with Crippen LogP contribution in [0, 0.1) is 16.7 Å². The van der Waals surface area contributed by atoms with E-state index in [0.29, 0.717) is 22.9 Å². The van der Waals surface area contributed by atoms with E-state index in [1.165, 1.54) is 21.3 Å². The fourth-order valence-electron chi connectivity index (χ4n) is 1.49. The van der Waals surface area contributed by atoms with Crippen molar-refractivity contribution in [1.29, 1.82) is 5.26 Å². The zero-order valence-electron chi connectivity index (χ0n) is 12.2. The van der Waals surface area contributed by atoms with Gasteiger partial charge in [0, 0.05) is 17.8 Å². The van der Waals surface area contributed by atoms with Gasteiger partial charge in [-0.2, -0.15) is 5.26 Å². The SMILES string of the molecule is COc1cc(NC(=O)C(C)(C)C#N)cc(OC)c1OC. The highest BCUT2D eigenvalue weighted by atomic mass is 16.5. The highest BCUT2D eigenvalue weighted by Crippen LogP contribution is 2.40. The van der Waals surface area contributed by atoms with Gasteiger partial charge in [-0.15, -0.1) is 0 Å². The van der Waals surface area contributed by atoms with Gasteiger partial charge in [-0.1, -0.05) is 0 Å². The maximum atomic E-state index is 12.0. The minimum absolute atomic E-state index is 0.408. The van der Waals surface area contributed by atoms with Crippen LogP contribution in [0.2, 0.25) is 0 Å². The lowest BCUT2D eigenvalue weighted by Crippen LogP contribution is -2.29. The number of nitrogens with zero attached hydrogens (tertiary/aromatic N) is 1. The van der Waals surface area contributed by atoms with Crippen molar-refractivity contribution in [2.45, 2.75) is 13.8 Å². The van der Waals surface area contributed by atoms with Crippen LogP contribution in [-0.4, -0.2) is 27.2 Å². The van der Waals surface area contributed by atoms with Crippen molar-refractivity contribution >= 4 is 11.6 Å². The average Bonchev–Trinajstić information content (AvgIpc) is 2.45. The third-order valence-electron chi connectivity index (χ3n) is 2.77. The molecule has 0 aliphatic heterocycles. The molecule has 1 aromatic rings. The Hall–Kier alpha value is -2.42. The minimum atomic E-state index is -1.12. The zero-order chi connectivity index (χ0) is 15.3. The first-order valence-electron chi connectivity index (χ1n) is 5.92. The molecule has 20 heavy (non-hydrogen) atoms. The molecule has 0 aliphatic rings. The van der Waals surface area contributed by atoms with E-state index >= 15 is 0 Å². The quantitative estimate of drug-likeness (QED) is 0.893. The Morgan fingerprint density at radius 1 is 1.15 bits per heavy atom. The van der Waals surface area contributed by atoms with E-state index in [0.717, 1.165) is 0 Å². The van der Waals surface area contributed by atoms with Crippen LogP contribution in [0.3, 0.4) is 0 Å². The summed E-state index contributed by atoms with van der Waals surface area (Å²) in [7, 11) is 4.47. The third kappa shape index (κ3) is 3.12. The Balaban J connectivity index is 3.15. The molecule has 1 amide bonds. The number of ether oxygens (including phenoxy) is 3. The molecule has 0 saturated carbocycles. The predicted octanol–water partition coefficient (Wildman–Crippen LogP) is 2.20. The van der Waals surface area contributed by atoms with Gasteiger partial charge in [0.1, 0.15) is 5.41 Å². The van der Waals surface area contributed by atoms with Crippen LogP contribution >= 0.6 is 0 Å². The Kier molecular flexibility index (Phi) is 4.81. The molecule has 0 fully saturated rings. The summed E-state index contributed by atoms with van der Waals surface area (Å²) in [5, 5.41) is 11.6. The lowest BCUT2D eigenvalue weighted by molar-refractivity contribution is -0.121. The van der Waals surface area contributed by atoms with Crippen molar-refractivity contribution in [3.05, 3.63) is 12.1 Å². The molecular formula is C14H18N2O4. The minimum Gasteiger partial charge on any atom is -0.493 e. The Labute approximate surface area is 118 Å². The summed E-state index contributed by atoms with van der Waals surface area (Å²) in [6.07, 6.45) is 0. The fraction of sp³-hybridized carbons (Fsp3) is 0.429. The van der Waals surface area contributed by atoms with E-state index in [-0.39, 0.29) is 0 Å². The van der Waals surface area contributed by atoms with Gasteiger partial charge in [0.15, 0.2) is 11.5 Å².